The van der Waals surface area contributed by atoms with Gasteiger partial charge in [0, 0.05) is 52.4 Å². The molecule has 5 rings (SSSR count). The van der Waals surface area contributed by atoms with Crippen molar-refractivity contribution in [2.75, 3.05) is 47.6 Å². The highest BCUT2D eigenvalue weighted by Gasteiger charge is 2.52. The molecule has 2 saturated heterocycles. The molecule has 1 aromatic carbocycles. The molecule has 18 heteroatoms. The molecule has 370 valence electrons. The van der Waals surface area contributed by atoms with Gasteiger partial charge in [0.2, 0.25) is 29.5 Å². The quantitative estimate of drug-likeness (QED) is 0.0952. The van der Waals surface area contributed by atoms with Crippen molar-refractivity contribution in [1.29, 1.82) is 0 Å². The van der Waals surface area contributed by atoms with Crippen molar-refractivity contribution in [3.05, 3.63) is 48.0 Å². The van der Waals surface area contributed by atoms with Gasteiger partial charge in [0.15, 0.2) is 0 Å². The molecular formula is C49H72N6O12. The molecule has 1 unspecified atom stereocenters. The van der Waals surface area contributed by atoms with Gasteiger partial charge in [-0.05, 0) is 55.4 Å². The maximum atomic E-state index is 14.6. The zero-order chi connectivity index (χ0) is 49.1. The smallest absolute Gasteiger partial charge is 0.326 e. The maximum absolute atomic E-state index is 14.6. The number of likely N-dealkylation sites (tertiary alicyclic amines) is 2. The summed E-state index contributed by atoms with van der Waals surface area (Å²) in [7, 11) is 4.65. The zero-order valence-electron chi connectivity index (χ0n) is 40.4. The van der Waals surface area contributed by atoms with Gasteiger partial charge in [-0.2, -0.15) is 0 Å². The SMILES string of the molecule is CC[C@H](C)[C@@H]([C@@H](CC(=O)N1CCC[C@H]1[C@H](OC)[C@@H](C)C(=O)N[C@@H](Cc1ccccc1)C(=O)O)OC)N(C)C(=O)C(NC(=O)[C@@H]1[C@H]2CC[C@H](C2)N1C(=O)CCOCCN1C(=O)C=CC1=O)C(C)C. The standard InChI is InChI=1S/C49H72N6O12/c1-9-30(4)43(37(65-7)28-41(59)53-22-13-16-36(53)45(66-8)31(5)46(60)50-35(49(63)64)26-32-14-11-10-12-15-32)52(6)48(62)42(29(2)3)51-47(61)44-33-17-18-34(27-33)55(44)40(58)21-24-67-25-23-54-38(56)19-20-39(54)57/h10-12,14-15,19-20,29-31,33-37,42-45H,9,13,16-18,21-28H2,1-8H3,(H,50,60)(H,51,61)(H,63,64)/t30-,31+,33-,34+,35-,36-,37+,42?,43-,44-,45+/m0/s1. The Bertz CT molecular complexity index is 1950. The predicted molar refractivity (Wildman–Crippen MR) is 246 cm³/mol. The first kappa shape index (κ1) is 52.8. The third-order valence-electron chi connectivity index (χ3n) is 14.3. The number of nitrogens with one attached hydrogen (secondary N) is 2. The molecule has 3 heterocycles. The van der Waals surface area contributed by atoms with Crippen molar-refractivity contribution in [2.24, 2.45) is 23.7 Å². The van der Waals surface area contributed by atoms with Crippen molar-refractivity contribution in [1.82, 2.24) is 30.2 Å². The van der Waals surface area contributed by atoms with Crippen LogP contribution in [0.15, 0.2) is 42.5 Å². The number of carbonyl (C=O) groups is 8. The Morgan fingerprint density at radius 1 is 0.896 bits per heavy atom. The minimum atomic E-state index is -1.16. The van der Waals surface area contributed by atoms with E-state index in [1.165, 1.54) is 26.4 Å². The first-order valence-corrected chi connectivity index (χ1v) is 23.8. The van der Waals surface area contributed by atoms with E-state index in [9.17, 15) is 43.5 Å². The van der Waals surface area contributed by atoms with Crippen LogP contribution in [0.1, 0.15) is 91.5 Å². The molecule has 2 bridgehead atoms. The lowest BCUT2D eigenvalue weighted by Crippen LogP contribution is -2.60. The number of benzene rings is 1. The number of ether oxygens (including phenoxy) is 3. The van der Waals surface area contributed by atoms with E-state index in [1.54, 1.807) is 52.9 Å². The summed E-state index contributed by atoms with van der Waals surface area (Å²) in [5.74, 6) is -5.03. The van der Waals surface area contributed by atoms with Crippen molar-refractivity contribution in [3.63, 3.8) is 0 Å². The topological polar surface area (TPSA) is 222 Å². The minimum Gasteiger partial charge on any atom is -0.480 e. The van der Waals surface area contributed by atoms with Gasteiger partial charge in [-0.1, -0.05) is 71.4 Å². The summed E-state index contributed by atoms with van der Waals surface area (Å²) in [4.78, 5) is 112. The summed E-state index contributed by atoms with van der Waals surface area (Å²) in [5.41, 5.74) is 0.763. The summed E-state index contributed by atoms with van der Waals surface area (Å²) in [6.45, 7) is 9.95. The molecule has 1 saturated carbocycles. The molecular weight excluding hydrogens is 865 g/mol. The summed E-state index contributed by atoms with van der Waals surface area (Å²) in [6, 6.07) is 5.01. The first-order valence-electron chi connectivity index (χ1n) is 23.8. The van der Waals surface area contributed by atoms with E-state index in [0.29, 0.717) is 32.2 Å². The number of piperidine rings is 1. The molecule has 7 amide bonds. The van der Waals surface area contributed by atoms with E-state index in [2.05, 4.69) is 10.6 Å². The van der Waals surface area contributed by atoms with Crippen molar-refractivity contribution >= 4 is 47.3 Å². The number of hydrogen-bond acceptors (Lipinski definition) is 11. The van der Waals surface area contributed by atoms with E-state index >= 15 is 0 Å². The zero-order valence-corrected chi connectivity index (χ0v) is 40.4. The van der Waals surface area contributed by atoms with Gasteiger partial charge < -0.3 is 44.7 Å². The number of carboxylic acids is 1. The molecule has 1 aromatic rings. The normalized spacial score (nSPS) is 23.2. The average Bonchev–Trinajstić information content (AvgIpc) is 4.13. The fraction of sp³-hybridized carbons (Fsp3) is 0.673. The number of hydrogen-bond donors (Lipinski definition) is 3. The maximum Gasteiger partial charge on any atom is 0.326 e. The Balaban J connectivity index is 1.22. The van der Waals surface area contributed by atoms with Crippen LogP contribution in [0.25, 0.3) is 0 Å². The molecule has 3 N–H and O–H groups in total. The van der Waals surface area contributed by atoms with E-state index in [1.807, 2.05) is 33.8 Å². The molecule has 4 aliphatic rings. The summed E-state index contributed by atoms with van der Waals surface area (Å²) >= 11 is 0. The molecule has 18 nitrogen and oxygen atoms in total. The summed E-state index contributed by atoms with van der Waals surface area (Å²) < 4.78 is 17.6. The van der Waals surface area contributed by atoms with Gasteiger partial charge in [0.1, 0.15) is 18.1 Å². The lowest BCUT2D eigenvalue weighted by Gasteiger charge is -2.41. The Morgan fingerprint density at radius 2 is 1.58 bits per heavy atom. The monoisotopic (exact) mass is 937 g/mol. The van der Waals surface area contributed by atoms with E-state index in [-0.39, 0.29) is 80.5 Å². The van der Waals surface area contributed by atoms with Crippen LogP contribution in [0, 0.1) is 23.7 Å². The van der Waals surface area contributed by atoms with Crippen LogP contribution >= 0.6 is 0 Å². The van der Waals surface area contributed by atoms with Gasteiger partial charge in [-0.25, -0.2) is 4.79 Å². The number of fused-ring (bicyclic) bond motifs is 2. The van der Waals surface area contributed by atoms with Crippen LogP contribution in [0.3, 0.4) is 0 Å². The number of imide groups is 1. The van der Waals surface area contributed by atoms with Gasteiger partial charge in [0.05, 0.1) is 62.8 Å². The molecule has 0 radical (unpaired) electrons. The molecule has 0 spiro atoms. The van der Waals surface area contributed by atoms with Crippen LogP contribution in [0.5, 0.6) is 0 Å². The van der Waals surface area contributed by atoms with Crippen LogP contribution < -0.4 is 10.6 Å². The molecule has 3 aliphatic heterocycles. The second-order valence-corrected chi connectivity index (χ2v) is 18.9. The molecule has 11 atom stereocenters. The first-order chi connectivity index (χ1) is 31.9. The van der Waals surface area contributed by atoms with E-state index in [4.69, 9.17) is 14.2 Å². The third kappa shape index (κ3) is 12.7. The number of carboxylic acid groups (broad SMARTS) is 1. The van der Waals surface area contributed by atoms with Crippen LogP contribution in [-0.4, -0.2) is 168 Å². The van der Waals surface area contributed by atoms with Gasteiger partial charge in [-0.3, -0.25) is 38.5 Å². The number of rotatable bonds is 25. The summed E-state index contributed by atoms with van der Waals surface area (Å²) in [5, 5.41) is 15.6. The van der Waals surface area contributed by atoms with E-state index in [0.717, 1.165) is 23.3 Å². The molecule has 0 aromatic heterocycles. The van der Waals surface area contributed by atoms with Crippen LogP contribution in [-0.2, 0) is 59.0 Å². The van der Waals surface area contributed by atoms with Gasteiger partial charge in [0.25, 0.3) is 11.8 Å². The Kier molecular flexibility index (Phi) is 19.1. The second kappa shape index (κ2) is 24.2. The number of amides is 7. The number of nitrogens with zero attached hydrogens (tertiary/aromatic N) is 4. The van der Waals surface area contributed by atoms with E-state index < -0.39 is 77.9 Å². The van der Waals surface area contributed by atoms with Crippen molar-refractivity contribution < 1.29 is 57.7 Å². The second-order valence-electron chi connectivity index (χ2n) is 18.9. The number of aliphatic carboxylic acids is 1. The highest BCUT2D eigenvalue weighted by Crippen LogP contribution is 2.43. The number of carbonyl (C=O) groups excluding carboxylic acids is 7. The number of methoxy groups -OCH3 is 2. The van der Waals surface area contributed by atoms with Crippen LogP contribution in [0.2, 0.25) is 0 Å². The van der Waals surface area contributed by atoms with Gasteiger partial charge in [-0.15, -0.1) is 0 Å². The minimum absolute atomic E-state index is 0.0111. The largest absolute Gasteiger partial charge is 0.480 e. The predicted octanol–water partition coefficient (Wildman–Crippen LogP) is 2.57. The van der Waals surface area contributed by atoms with Crippen molar-refractivity contribution in [2.45, 2.75) is 141 Å². The highest BCUT2D eigenvalue weighted by atomic mass is 16.5. The Labute approximate surface area is 394 Å². The molecule has 67 heavy (non-hydrogen) atoms. The number of likely N-dealkylation sites (N-methyl/N-ethyl adjacent to an activating group) is 1. The average molecular weight is 937 g/mol. The lowest BCUT2D eigenvalue weighted by atomic mass is 9.89. The third-order valence-corrected chi connectivity index (χ3v) is 14.3. The fourth-order valence-electron chi connectivity index (χ4n) is 10.5. The Morgan fingerprint density at radius 3 is 2.19 bits per heavy atom. The Hall–Kier alpha value is -5.20. The van der Waals surface area contributed by atoms with Crippen molar-refractivity contribution in [3.8, 4) is 0 Å². The highest BCUT2D eigenvalue weighted by molar-refractivity contribution is 6.12. The summed E-state index contributed by atoms with van der Waals surface area (Å²) in [6.07, 6.45) is 5.09. The van der Waals surface area contributed by atoms with Crippen LogP contribution in [0.4, 0.5) is 0 Å². The molecule has 3 fully saturated rings. The fourth-order valence-corrected chi connectivity index (χ4v) is 10.5. The molecule has 1 aliphatic carbocycles. The lowest BCUT2D eigenvalue weighted by molar-refractivity contribution is -0.149. The van der Waals surface area contributed by atoms with Gasteiger partial charge >= 0.3 is 5.97 Å².